The number of carbonyl (C=O) groups excluding carboxylic acids is 3. The van der Waals surface area contributed by atoms with Crippen LogP contribution in [0.1, 0.15) is 56.9 Å². The Bertz CT molecular complexity index is 1230. The van der Waals surface area contributed by atoms with Crippen molar-refractivity contribution in [2.75, 3.05) is 5.32 Å². The number of anilines is 1. The average molecular weight is 457 g/mol. The van der Waals surface area contributed by atoms with Gasteiger partial charge in [0.15, 0.2) is 0 Å². The van der Waals surface area contributed by atoms with Gasteiger partial charge in [-0.25, -0.2) is 13.2 Å². The van der Waals surface area contributed by atoms with Gasteiger partial charge in [-0.3, -0.25) is 14.4 Å². The third-order valence-electron chi connectivity index (χ3n) is 6.22. The lowest BCUT2D eigenvalue weighted by molar-refractivity contribution is -0.133. The highest BCUT2D eigenvalue weighted by molar-refractivity contribution is 6.44. The van der Waals surface area contributed by atoms with E-state index < -0.39 is 47.7 Å². The average Bonchev–Trinajstić information content (AvgIpc) is 3.27. The number of nitrogens with one attached hydrogen (secondary N) is 2. The summed E-state index contributed by atoms with van der Waals surface area (Å²) in [6, 6.07) is 4.16. The molecule has 0 bridgehead atoms. The van der Waals surface area contributed by atoms with Crippen LogP contribution in [0.4, 0.5) is 18.9 Å². The minimum Gasteiger partial charge on any atom is -0.340 e. The van der Waals surface area contributed by atoms with Gasteiger partial charge in [0.05, 0.1) is 5.56 Å². The van der Waals surface area contributed by atoms with E-state index in [1.54, 1.807) is 18.4 Å². The normalized spacial score (nSPS) is 17.5. The number of hydrogen-bond donors (Lipinski definition) is 2. The second-order valence-corrected chi connectivity index (χ2v) is 8.69. The first-order valence-corrected chi connectivity index (χ1v) is 10.5. The first-order valence-electron chi connectivity index (χ1n) is 10.5. The van der Waals surface area contributed by atoms with Gasteiger partial charge in [0.2, 0.25) is 0 Å². The zero-order valence-electron chi connectivity index (χ0n) is 18.2. The van der Waals surface area contributed by atoms with Crippen LogP contribution >= 0.6 is 0 Å². The van der Waals surface area contributed by atoms with Crippen molar-refractivity contribution in [3.63, 3.8) is 0 Å². The number of rotatable bonds is 5. The van der Waals surface area contributed by atoms with Gasteiger partial charge in [-0.15, -0.1) is 6.42 Å². The molecule has 0 saturated heterocycles. The Morgan fingerprint density at radius 3 is 2.48 bits per heavy atom. The number of benzene rings is 1. The van der Waals surface area contributed by atoms with Crippen LogP contribution in [0.5, 0.6) is 0 Å². The Labute approximate surface area is 188 Å². The lowest BCUT2D eigenvalue weighted by Crippen LogP contribution is -2.62. The quantitative estimate of drug-likeness (QED) is 0.410. The first-order chi connectivity index (χ1) is 15.5. The van der Waals surface area contributed by atoms with E-state index in [0.717, 1.165) is 0 Å². The lowest BCUT2D eigenvalue weighted by Gasteiger charge is -2.43. The molecule has 1 aliphatic carbocycles. The number of alkyl halides is 2. The molecule has 1 saturated carbocycles. The molecule has 1 aliphatic heterocycles. The molecule has 1 aromatic carbocycles. The molecule has 6 nitrogen and oxygen atoms in total. The van der Waals surface area contributed by atoms with E-state index in [4.69, 9.17) is 6.42 Å². The largest absolute Gasteiger partial charge is 0.340 e. The highest BCUT2D eigenvalue weighted by atomic mass is 19.3. The van der Waals surface area contributed by atoms with Crippen molar-refractivity contribution in [1.82, 2.24) is 9.88 Å². The standard InChI is InChI=1S/C24H22F3N3O3/c1-4-23(11-24(26,27)12-23)29-22(33)20(31)18-14(3)19(30-9-5-6-17(18)30)21(32)28-15-7-8-16(25)13(2)10-15/h1,7-8,10H,5-6,9,11-12H2,2-3H3,(H,28,32)(H,29,33). The summed E-state index contributed by atoms with van der Waals surface area (Å²) < 4.78 is 41.9. The smallest absolute Gasteiger partial charge is 0.293 e. The number of aromatic nitrogens is 1. The van der Waals surface area contributed by atoms with Gasteiger partial charge < -0.3 is 15.2 Å². The summed E-state index contributed by atoms with van der Waals surface area (Å²) in [5.41, 5.74) is 0.358. The number of Topliss-reactive ketones (excluding diaryl/α,β-unsaturated/α-hetero) is 1. The number of amides is 2. The highest BCUT2D eigenvalue weighted by Gasteiger charge is 2.57. The number of aryl methyl sites for hydroxylation is 1. The second kappa shape index (κ2) is 7.80. The number of ketones is 1. The molecule has 0 unspecified atom stereocenters. The molecule has 0 radical (unpaired) electrons. The molecule has 2 aromatic rings. The summed E-state index contributed by atoms with van der Waals surface area (Å²) in [5, 5.41) is 5.00. The Morgan fingerprint density at radius 1 is 1.18 bits per heavy atom. The predicted molar refractivity (Wildman–Crippen MR) is 115 cm³/mol. The minimum atomic E-state index is -2.99. The molecule has 1 fully saturated rings. The molecule has 33 heavy (non-hydrogen) atoms. The van der Waals surface area contributed by atoms with Gasteiger partial charge in [-0.2, -0.15) is 0 Å². The third-order valence-corrected chi connectivity index (χ3v) is 6.22. The van der Waals surface area contributed by atoms with Crippen molar-refractivity contribution < 1.29 is 27.6 Å². The molecule has 1 aromatic heterocycles. The van der Waals surface area contributed by atoms with Gasteiger partial charge in [-0.1, -0.05) is 5.92 Å². The summed E-state index contributed by atoms with van der Waals surface area (Å²) in [7, 11) is 0. The van der Waals surface area contributed by atoms with E-state index in [-0.39, 0.29) is 11.3 Å². The summed E-state index contributed by atoms with van der Waals surface area (Å²) in [4.78, 5) is 38.8. The topological polar surface area (TPSA) is 80.2 Å². The fourth-order valence-electron chi connectivity index (χ4n) is 4.67. The monoisotopic (exact) mass is 457 g/mol. The fourth-order valence-corrected chi connectivity index (χ4v) is 4.67. The maximum Gasteiger partial charge on any atom is 0.293 e. The summed E-state index contributed by atoms with van der Waals surface area (Å²) >= 11 is 0. The SMILES string of the molecule is C#CC1(NC(=O)C(=O)c2c(C)c(C(=O)Nc3ccc(F)c(C)c3)n3c2CCC3)CC(F)(F)C1. The zero-order valence-corrected chi connectivity index (χ0v) is 18.2. The second-order valence-electron chi connectivity index (χ2n) is 8.69. The molecule has 2 N–H and O–H groups in total. The number of hydrogen-bond acceptors (Lipinski definition) is 3. The Kier molecular flexibility index (Phi) is 5.35. The van der Waals surface area contributed by atoms with Crippen LogP contribution < -0.4 is 10.6 Å². The van der Waals surface area contributed by atoms with Gasteiger partial charge in [0.1, 0.15) is 17.1 Å². The zero-order chi connectivity index (χ0) is 24.1. The van der Waals surface area contributed by atoms with Crippen molar-refractivity contribution in [1.29, 1.82) is 0 Å². The van der Waals surface area contributed by atoms with Crippen LogP contribution in [0.3, 0.4) is 0 Å². The maximum absolute atomic E-state index is 13.5. The molecule has 2 heterocycles. The van der Waals surface area contributed by atoms with Crippen LogP contribution in [0.15, 0.2) is 18.2 Å². The van der Waals surface area contributed by atoms with E-state index >= 15 is 0 Å². The predicted octanol–water partition coefficient (Wildman–Crippen LogP) is 3.54. The molecule has 4 rings (SSSR count). The number of halogens is 3. The van der Waals surface area contributed by atoms with E-state index in [2.05, 4.69) is 16.6 Å². The van der Waals surface area contributed by atoms with Crippen LogP contribution in [0.2, 0.25) is 0 Å². The van der Waals surface area contributed by atoms with E-state index in [1.165, 1.54) is 18.2 Å². The van der Waals surface area contributed by atoms with E-state index in [1.807, 2.05) is 0 Å². The van der Waals surface area contributed by atoms with Gasteiger partial charge in [0.25, 0.3) is 23.5 Å². The highest BCUT2D eigenvalue weighted by Crippen LogP contribution is 2.45. The molecule has 172 valence electrons. The van der Waals surface area contributed by atoms with E-state index in [0.29, 0.717) is 41.9 Å². The molecule has 9 heteroatoms. The van der Waals surface area contributed by atoms with Crippen molar-refractivity contribution >= 4 is 23.3 Å². The third kappa shape index (κ3) is 3.90. The summed E-state index contributed by atoms with van der Waals surface area (Å²) in [5.74, 6) is -3.71. The molecular formula is C24H22F3N3O3. The van der Waals surface area contributed by atoms with Gasteiger partial charge in [-0.05, 0) is 56.0 Å². The lowest BCUT2D eigenvalue weighted by atomic mass is 9.74. The van der Waals surface area contributed by atoms with Gasteiger partial charge >= 0.3 is 0 Å². The van der Waals surface area contributed by atoms with Crippen LogP contribution in [0.25, 0.3) is 0 Å². The minimum absolute atomic E-state index is 0.0868. The van der Waals surface area contributed by atoms with Crippen LogP contribution in [-0.2, 0) is 17.8 Å². The van der Waals surface area contributed by atoms with Gasteiger partial charge in [0, 0.05) is 30.8 Å². The molecule has 2 aliphatic rings. The van der Waals surface area contributed by atoms with Crippen LogP contribution in [0, 0.1) is 32.0 Å². The number of carbonyl (C=O) groups is 3. The number of fused-ring (bicyclic) bond motifs is 1. The summed E-state index contributed by atoms with van der Waals surface area (Å²) in [6.45, 7) is 3.61. The Balaban J connectivity index is 1.61. The van der Waals surface area contributed by atoms with Crippen molar-refractivity contribution in [3.05, 3.63) is 52.1 Å². The van der Waals surface area contributed by atoms with Crippen molar-refractivity contribution in [2.45, 2.75) is 57.5 Å². The number of nitrogens with zero attached hydrogens (tertiary/aromatic N) is 1. The molecular weight excluding hydrogens is 435 g/mol. The van der Waals surface area contributed by atoms with Crippen LogP contribution in [-0.4, -0.2) is 33.6 Å². The fraction of sp³-hybridized carbons (Fsp3) is 0.375. The maximum atomic E-state index is 13.5. The summed E-state index contributed by atoms with van der Waals surface area (Å²) in [6.07, 6.45) is 5.04. The van der Waals surface area contributed by atoms with Crippen molar-refractivity contribution in [3.8, 4) is 12.3 Å². The molecule has 2 amide bonds. The van der Waals surface area contributed by atoms with E-state index in [9.17, 15) is 27.6 Å². The first kappa shape index (κ1) is 22.6. The Morgan fingerprint density at radius 2 is 1.88 bits per heavy atom. The Hall–Kier alpha value is -3.54. The number of terminal acetylenes is 1. The van der Waals surface area contributed by atoms with Crippen molar-refractivity contribution in [2.24, 2.45) is 0 Å². The molecule has 0 spiro atoms. The molecule has 0 atom stereocenters.